The highest BCUT2D eigenvalue weighted by molar-refractivity contribution is 5.64. The molecule has 3 nitrogen and oxygen atoms in total. The Morgan fingerprint density at radius 1 is 1.32 bits per heavy atom. The molecule has 1 atom stereocenters. The van der Waals surface area contributed by atoms with Gasteiger partial charge in [-0.05, 0) is 26.1 Å². The lowest BCUT2D eigenvalue weighted by atomic mass is 10.0. The van der Waals surface area contributed by atoms with Crippen molar-refractivity contribution < 1.29 is 13.2 Å². The second-order valence-electron chi connectivity index (χ2n) is 4.29. The van der Waals surface area contributed by atoms with Gasteiger partial charge >= 0.3 is 6.18 Å². The molecule has 1 unspecified atom stereocenters. The van der Waals surface area contributed by atoms with E-state index in [9.17, 15) is 13.2 Å². The molecule has 0 spiro atoms. The van der Waals surface area contributed by atoms with Gasteiger partial charge < -0.3 is 5.32 Å². The Kier molecular flexibility index (Phi) is 3.61. The number of rotatable bonds is 3. The van der Waals surface area contributed by atoms with Crippen molar-refractivity contribution in [3.63, 3.8) is 0 Å². The van der Waals surface area contributed by atoms with Crippen molar-refractivity contribution in [1.82, 2.24) is 15.5 Å². The van der Waals surface area contributed by atoms with Crippen molar-refractivity contribution in [1.29, 1.82) is 0 Å². The lowest BCUT2D eigenvalue weighted by Crippen LogP contribution is -2.12. The van der Waals surface area contributed by atoms with Crippen LogP contribution in [0.4, 0.5) is 13.2 Å². The summed E-state index contributed by atoms with van der Waals surface area (Å²) in [5.41, 5.74) is 1.25. The molecule has 0 saturated carbocycles. The summed E-state index contributed by atoms with van der Waals surface area (Å²) >= 11 is 0. The highest BCUT2D eigenvalue weighted by atomic mass is 19.4. The first-order chi connectivity index (χ1) is 8.93. The zero-order chi connectivity index (χ0) is 14.0. The Morgan fingerprint density at radius 3 is 2.68 bits per heavy atom. The minimum atomic E-state index is -4.34. The molecule has 1 heterocycles. The fourth-order valence-electron chi connectivity index (χ4n) is 1.86. The van der Waals surface area contributed by atoms with E-state index in [1.807, 2.05) is 6.92 Å². The number of benzene rings is 1. The van der Waals surface area contributed by atoms with Crippen LogP contribution in [0, 0.1) is 0 Å². The largest absolute Gasteiger partial charge is 0.416 e. The van der Waals surface area contributed by atoms with Gasteiger partial charge in [0.25, 0.3) is 0 Å². The van der Waals surface area contributed by atoms with E-state index in [1.165, 1.54) is 6.07 Å². The van der Waals surface area contributed by atoms with Crippen molar-refractivity contribution in [2.45, 2.75) is 19.1 Å². The predicted octanol–water partition coefficient (Wildman–Crippen LogP) is 3.38. The van der Waals surface area contributed by atoms with Gasteiger partial charge in [-0.2, -0.15) is 18.3 Å². The van der Waals surface area contributed by atoms with Crippen LogP contribution >= 0.6 is 0 Å². The molecule has 2 rings (SSSR count). The molecule has 102 valence electrons. The van der Waals surface area contributed by atoms with Gasteiger partial charge in [0.15, 0.2) is 0 Å². The number of hydrogen-bond acceptors (Lipinski definition) is 2. The summed E-state index contributed by atoms with van der Waals surface area (Å²) in [4.78, 5) is 0. The fraction of sp³-hybridized carbons (Fsp3) is 0.308. The number of nitrogens with one attached hydrogen (secondary N) is 2. The third kappa shape index (κ3) is 2.78. The van der Waals surface area contributed by atoms with E-state index in [1.54, 1.807) is 19.3 Å². The number of halogens is 3. The molecule has 1 aromatic carbocycles. The number of aromatic nitrogens is 2. The third-order valence-corrected chi connectivity index (χ3v) is 3.05. The molecule has 0 aliphatic rings. The maximum Gasteiger partial charge on any atom is 0.416 e. The zero-order valence-corrected chi connectivity index (χ0v) is 10.5. The minimum Gasteiger partial charge on any atom is -0.313 e. The van der Waals surface area contributed by atoms with E-state index in [0.29, 0.717) is 11.3 Å². The zero-order valence-electron chi connectivity index (χ0n) is 10.5. The van der Waals surface area contributed by atoms with Gasteiger partial charge in [-0.3, -0.25) is 5.10 Å². The normalized spacial score (nSPS) is 13.5. The quantitative estimate of drug-likeness (QED) is 0.896. The van der Waals surface area contributed by atoms with Gasteiger partial charge in [0.1, 0.15) is 0 Å². The maximum atomic E-state index is 12.7. The molecule has 0 aliphatic heterocycles. The topological polar surface area (TPSA) is 40.7 Å². The van der Waals surface area contributed by atoms with Crippen molar-refractivity contribution in [3.8, 4) is 11.3 Å². The van der Waals surface area contributed by atoms with Gasteiger partial charge in [-0.1, -0.05) is 12.1 Å². The van der Waals surface area contributed by atoms with Gasteiger partial charge in [-0.15, -0.1) is 0 Å². The molecule has 19 heavy (non-hydrogen) atoms. The molecule has 1 aromatic heterocycles. The van der Waals surface area contributed by atoms with Gasteiger partial charge in [0.05, 0.1) is 17.5 Å². The standard InChI is InChI=1S/C13H14F3N3/c1-8(17-2)11-7-18-19-12(11)9-4-3-5-10(6-9)13(14,15)16/h3-8,17H,1-2H3,(H,18,19). The first kappa shape index (κ1) is 13.6. The molecule has 0 aliphatic carbocycles. The Bertz CT molecular complexity index is 560. The Morgan fingerprint density at radius 2 is 2.05 bits per heavy atom. The molecule has 2 aromatic rings. The highest BCUT2D eigenvalue weighted by Crippen LogP contribution is 2.33. The fourth-order valence-corrected chi connectivity index (χ4v) is 1.86. The summed E-state index contributed by atoms with van der Waals surface area (Å²) in [6.07, 6.45) is -2.72. The number of nitrogens with zero attached hydrogens (tertiary/aromatic N) is 1. The maximum absolute atomic E-state index is 12.7. The van der Waals surface area contributed by atoms with Crippen LogP contribution in [0.5, 0.6) is 0 Å². The summed E-state index contributed by atoms with van der Waals surface area (Å²) in [5, 5.41) is 9.71. The van der Waals surface area contributed by atoms with Crippen LogP contribution in [0.3, 0.4) is 0 Å². The summed E-state index contributed by atoms with van der Waals surface area (Å²) in [5.74, 6) is 0. The van der Waals surface area contributed by atoms with Crippen molar-refractivity contribution >= 4 is 0 Å². The van der Waals surface area contributed by atoms with E-state index in [0.717, 1.165) is 17.7 Å². The average Bonchev–Trinajstić information content (AvgIpc) is 2.86. The van der Waals surface area contributed by atoms with Crippen LogP contribution in [-0.2, 0) is 6.18 Å². The predicted molar refractivity (Wildman–Crippen MR) is 66.5 cm³/mol. The SMILES string of the molecule is CNC(C)c1cn[nH]c1-c1cccc(C(F)(F)F)c1. The van der Waals surface area contributed by atoms with Gasteiger partial charge in [0.2, 0.25) is 0 Å². The smallest absolute Gasteiger partial charge is 0.313 e. The molecule has 2 N–H and O–H groups in total. The van der Waals surface area contributed by atoms with Crippen LogP contribution in [0.15, 0.2) is 30.5 Å². The lowest BCUT2D eigenvalue weighted by Gasteiger charge is -2.12. The van der Waals surface area contributed by atoms with Crippen molar-refractivity contribution in [3.05, 3.63) is 41.6 Å². The molecule has 0 bridgehead atoms. The Hall–Kier alpha value is -1.82. The highest BCUT2D eigenvalue weighted by Gasteiger charge is 2.30. The van der Waals surface area contributed by atoms with Crippen LogP contribution in [-0.4, -0.2) is 17.2 Å². The molecule has 6 heteroatoms. The number of hydrogen-bond donors (Lipinski definition) is 2. The first-order valence-corrected chi connectivity index (χ1v) is 5.81. The average molecular weight is 269 g/mol. The monoisotopic (exact) mass is 269 g/mol. The number of aromatic amines is 1. The minimum absolute atomic E-state index is 0.00305. The van der Waals surface area contributed by atoms with Gasteiger partial charge in [-0.25, -0.2) is 0 Å². The molecular formula is C13H14F3N3. The second kappa shape index (κ2) is 5.05. The second-order valence-corrected chi connectivity index (χ2v) is 4.29. The molecule has 0 amide bonds. The van der Waals surface area contributed by atoms with Crippen LogP contribution in [0.2, 0.25) is 0 Å². The van der Waals surface area contributed by atoms with E-state index in [-0.39, 0.29) is 6.04 Å². The Balaban J connectivity index is 2.46. The number of alkyl halides is 3. The molecule has 0 saturated heterocycles. The Labute approximate surface area is 108 Å². The van der Waals surface area contributed by atoms with Crippen LogP contribution in [0.25, 0.3) is 11.3 Å². The van der Waals surface area contributed by atoms with E-state index in [2.05, 4.69) is 15.5 Å². The lowest BCUT2D eigenvalue weighted by molar-refractivity contribution is -0.137. The van der Waals surface area contributed by atoms with E-state index < -0.39 is 11.7 Å². The summed E-state index contributed by atoms with van der Waals surface area (Å²) in [6, 6.07) is 5.21. The van der Waals surface area contributed by atoms with Crippen molar-refractivity contribution in [2.75, 3.05) is 7.05 Å². The summed E-state index contributed by atoms with van der Waals surface area (Å²) in [6.45, 7) is 1.92. The first-order valence-electron chi connectivity index (χ1n) is 5.81. The summed E-state index contributed by atoms with van der Waals surface area (Å²) < 4.78 is 38.1. The van der Waals surface area contributed by atoms with E-state index in [4.69, 9.17) is 0 Å². The van der Waals surface area contributed by atoms with Crippen molar-refractivity contribution in [2.24, 2.45) is 0 Å². The molecule has 0 fully saturated rings. The third-order valence-electron chi connectivity index (χ3n) is 3.05. The number of H-pyrrole nitrogens is 1. The summed E-state index contributed by atoms with van der Waals surface area (Å²) in [7, 11) is 1.79. The molecule has 0 radical (unpaired) electrons. The van der Waals surface area contributed by atoms with Crippen LogP contribution < -0.4 is 5.32 Å². The van der Waals surface area contributed by atoms with Gasteiger partial charge in [0, 0.05) is 17.2 Å². The van der Waals surface area contributed by atoms with Crippen LogP contribution in [0.1, 0.15) is 24.1 Å². The molecular weight excluding hydrogens is 255 g/mol. The van der Waals surface area contributed by atoms with E-state index >= 15 is 0 Å².